The highest BCUT2D eigenvalue weighted by molar-refractivity contribution is 6.06. The maximum atomic E-state index is 12.7. The fourth-order valence-corrected chi connectivity index (χ4v) is 3.10. The van der Waals surface area contributed by atoms with Crippen LogP contribution in [-0.2, 0) is 20.9 Å². The number of aliphatic carboxylic acids is 1. The number of hydrogen-bond donors (Lipinski definition) is 3. The Labute approximate surface area is 144 Å². The van der Waals surface area contributed by atoms with Gasteiger partial charge in [0.1, 0.15) is 6.04 Å². The number of amides is 3. The molecule has 2 aliphatic rings. The van der Waals surface area contributed by atoms with E-state index in [0.29, 0.717) is 17.7 Å². The fraction of sp³-hybridized carbons (Fsp3) is 0.412. The van der Waals surface area contributed by atoms with Gasteiger partial charge in [0.05, 0.1) is 5.92 Å². The number of nitrogens with one attached hydrogen (secondary N) is 2. The third-order valence-corrected chi connectivity index (χ3v) is 4.60. The highest BCUT2D eigenvalue weighted by atomic mass is 16.4. The lowest BCUT2D eigenvalue weighted by Crippen LogP contribution is -2.52. The minimum Gasteiger partial charge on any atom is -0.481 e. The maximum absolute atomic E-state index is 12.7. The second-order valence-electron chi connectivity index (χ2n) is 6.35. The van der Waals surface area contributed by atoms with Crippen LogP contribution in [0.4, 0.5) is 5.69 Å². The van der Waals surface area contributed by atoms with E-state index >= 15 is 0 Å². The summed E-state index contributed by atoms with van der Waals surface area (Å²) >= 11 is 0. The summed E-state index contributed by atoms with van der Waals surface area (Å²) in [6.07, 6.45) is 0.515. The molecule has 1 aromatic carbocycles. The highest BCUT2D eigenvalue weighted by Crippen LogP contribution is 2.32. The van der Waals surface area contributed by atoms with E-state index in [4.69, 9.17) is 5.11 Å². The van der Waals surface area contributed by atoms with Gasteiger partial charge < -0.3 is 15.3 Å². The number of benzene rings is 1. The van der Waals surface area contributed by atoms with E-state index in [1.165, 1.54) is 4.90 Å². The first kappa shape index (κ1) is 16.9. The first-order chi connectivity index (χ1) is 11.9. The normalized spacial score (nSPS) is 20.9. The molecule has 2 atom stereocenters. The van der Waals surface area contributed by atoms with Crippen LogP contribution in [0.15, 0.2) is 18.2 Å². The van der Waals surface area contributed by atoms with Crippen molar-refractivity contribution in [2.45, 2.75) is 32.4 Å². The van der Waals surface area contributed by atoms with E-state index in [2.05, 4.69) is 10.6 Å². The lowest BCUT2D eigenvalue weighted by Gasteiger charge is -2.29. The Hall–Kier alpha value is -2.90. The predicted octanol–water partition coefficient (Wildman–Crippen LogP) is 0.580. The van der Waals surface area contributed by atoms with Gasteiger partial charge in [-0.2, -0.15) is 0 Å². The van der Waals surface area contributed by atoms with Gasteiger partial charge in [-0.25, -0.2) is 0 Å². The second-order valence-corrected chi connectivity index (χ2v) is 6.35. The number of carboxylic acids is 1. The Kier molecular flexibility index (Phi) is 4.43. The summed E-state index contributed by atoms with van der Waals surface area (Å²) in [5, 5.41) is 14.3. The molecule has 0 aromatic heterocycles. The Morgan fingerprint density at radius 1 is 1.40 bits per heavy atom. The zero-order valence-electron chi connectivity index (χ0n) is 13.7. The van der Waals surface area contributed by atoms with Gasteiger partial charge in [-0.15, -0.1) is 0 Å². The molecule has 132 valence electrons. The standard InChI is InChI=1S/C17H19N3O5/c1-9(17(24)25)7-18-12-4-2-3-10-11(12)8-20(16(10)23)13-5-6-14(21)19-15(13)22/h2-4,9,13,18H,5-8H2,1H3,(H,24,25)(H,19,21,22). The van der Waals surface area contributed by atoms with E-state index in [-0.39, 0.29) is 31.3 Å². The van der Waals surface area contributed by atoms with Crippen molar-refractivity contribution in [3.63, 3.8) is 0 Å². The Balaban J connectivity index is 1.79. The van der Waals surface area contributed by atoms with Gasteiger partial charge in [-0.3, -0.25) is 24.5 Å². The van der Waals surface area contributed by atoms with Crippen molar-refractivity contribution < 1.29 is 24.3 Å². The van der Waals surface area contributed by atoms with Crippen LogP contribution in [0, 0.1) is 5.92 Å². The minimum absolute atomic E-state index is 0.206. The molecule has 2 aliphatic heterocycles. The van der Waals surface area contributed by atoms with Gasteiger partial charge in [0.25, 0.3) is 5.91 Å². The molecular weight excluding hydrogens is 326 g/mol. The van der Waals surface area contributed by atoms with Crippen molar-refractivity contribution in [1.82, 2.24) is 10.2 Å². The molecule has 0 bridgehead atoms. The fourth-order valence-electron chi connectivity index (χ4n) is 3.10. The molecule has 2 heterocycles. The third-order valence-electron chi connectivity index (χ3n) is 4.60. The summed E-state index contributed by atoms with van der Waals surface area (Å²) < 4.78 is 0. The average Bonchev–Trinajstić information content (AvgIpc) is 2.90. The number of carbonyl (C=O) groups is 4. The number of rotatable bonds is 5. The van der Waals surface area contributed by atoms with E-state index in [9.17, 15) is 19.2 Å². The van der Waals surface area contributed by atoms with Gasteiger partial charge >= 0.3 is 5.97 Å². The van der Waals surface area contributed by atoms with Crippen LogP contribution in [0.5, 0.6) is 0 Å². The Bertz CT molecular complexity index is 761. The van der Waals surface area contributed by atoms with Crippen LogP contribution >= 0.6 is 0 Å². The van der Waals surface area contributed by atoms with Gasteiger partial charge in [-0.1, -0.05) is 13.0 Å². The molecule has 3 N–H and O–H groups in total. The largest absolute Gasteiger partial charge is 0.481 e. The van der Waals surface area contributed by atoms with Crippen LogP contribution in [-0.4, -0.2) is 46.3 Å². The number of hydrogen-bond acceptors (Lipinski definition) is 5. The summed E-state index contributed by atoms with van der Waals surface area (Å²) in [5.74, 6) is -2.50. The molecule has 1 aromatic rings. The smallest absolute Gasteiger partial charge is 0.308 e. The zero-order valence-corrected chi connectivity index (χ0v) is 13.7. The minimum atomic E-state index is -0.902. The Morgan fingerprint density at radius 3 is 2.84 bits per heavy atom. The number of anilines is 1. The van der Waals surface area contributed by atoms with E-state index < -0.39 is 23.8 Å². The first-order valence-corrected chi connectivity index (χ1v) is 8.11. The molecule has 2 unspecified atom stereocenters. The second kappa shape index (κ2) is 6.54. The van der Waals surface area contributed by atoms with Crippen molar-refractivity contribution >= 4 is 29.4 Å². The van der Waals surface area contributed by atoms with E-state index in [1.54, 1.807) is 25.1 Å². The predicted molar refractivity (Wildman–Crippen MR) is 87.8 cm³/mol. The number of piperidine rings is 1. The van der Waals surface area contributed by atoms with Gasteiger partial charge in [-0.05, 0) is 18.6 Å². The number of nitrogens with zero attached hydrogens (tertiary/aromatic N) is 1. The molecule has 25 heavy (non-hydrogen) atoms. The van der Waals surface area contributed by atoms with Crippen molar-refractivity contribution in [2.24, 2.45) is 5.92 Å². The highest BCUT2D eigenvalue weighted by Gasteiger charge is 2.39. The molecule has 0 saturated carbocycles. The third kappa shape index (κ3) is 3.19. The lowest BCUT2D eigenvalue weighted by molar-refractivity contribution is -0.141. The zero-order chi connectivity index (χ0) is 18.1. The summed E-state index contributed by atoms with van der Waals surface area (Å²) in [7, 11) is 0. The molecule has 8 nitrogen and oxygen atoms in total. The summed E-state index contributed by atoms with van der Waals surface area (Å²) in [4.78, 5) is 48.4. The number of carboxylic acid groups (broad SMARTS) is 1. The quantitative estimate of drug-likeness (QED) is 0.672. The van der Waals surface area contributed by atoms with Crippen LogP contribution in [0.1, 0.15) is 35.7 Å². The van der Waals surface area contributed by atoms with Gasteiger partial charge in [0.15, 0.2) is 0 Å². The molecule has 1 saturated heterocycles. The van der Waals surface area contributed by atoms with Crippen LogP contribution in [0.3, 0.4) is 0 Å². The molecule has 0 spiro atoms. The monoisotopic (exact) mass is 345 g/mol. The van der Waals surface area contributed by atoms with Gasteiger partial charge in [0.2, 0.25) is 11.8 Å². The van der Waals surface area contributed by atoms with Crippen molar-refractivity contribution in [3.05, 3.63) is 29.3 Å². The van der Waals surface area contributed by atoms with Crippen molar-refractivity contribution in [2.75, 3.05) is 11.9 Å². The molecule has 8 heteroatoms. The molecule has 3 amide bonds. The molecule has 0 radical (unpaired) electrons. The average molecular weight is 345 g/mol. The van der Waals surface area contributed by atoms with Gasteiger partial charge in [0, 0.05) is 36.3 Å². The maximum Gasteiger partial charge on any atom is 0.308 e. The molecule has 1 fully saturated rings. The van der Waals surface area contributed by atoms with Crippen molar-refractivity contribution in [1.29, 1.82) is 0 Å². The number of fused-ring (bicyclic) bond motifs is 1. The summed E-state index contributed by atoms with van der Waals surface area (Å²) in [5.41, 5.74) is 1.93. The van der Waals surface area contributed by atoms with E-state index in [1.807, 2.05) is 0 Å². The van der Waals surface area contributed by atoms with Crippen LogP contribution in [0.2, 0.25) is 0 Å². The Morgan fingerprint density at radius 2 is 2.16 bits per heavy atom. The van der Waals surface area contributed by atoms with Crippen molar-refractivity contribution in [3.8, 4) is 0 Å². The molecule has 0 aliphatic carbocycles. The number of carbonyl (C=O) groups excluding carboxylic acids is 3. The van der Waals surface area contributed by atoms with Crippen LogP contribution < -0.4 is 10.6 Å². The SMILES string of the molecule is CC(CNc1cccc2c1CN(C1CCC(=O)NC1=O)C2=O)C(=O)O. The number of imide groups is 1. The lowest BCUT2D eigenvalue weighted by atomic mass is 10.0. The molecular formula is C17H19N3O5. The van der Waals surface area contributed by atoms with Crippen LogP contribution in [0.25, 0.3) is 0 Å². The van der Waals surface area contributed by atoms with E-state index in [0.717, 1.165) is 5.56 Å². The summed E-state index contributed by atoms with van der Waals surface area (Å²) in [6, 6.07) is 4.53. The summed E-state index contributed by atoms with van der Waals surface area (Å²) in [6.45, 7) is 2.09. The first-order valence-electron chi connectivity index (χ1n) is 8.11. The molecule has 3 rings (SSSR count). The topological polar surface area (TPSA) is 116 Å².